The number of anilines is 1. The molecule has 3 aromatic rings. The van der Waals surface area contributed by atoms with E-state index in [0.717, 1.165) is 42.6 Å². The quantitative estimate of drug-likeness (QED) is 0.786. The summed E-state index contributed by atoms with van der Waals surface area (Å²) in [6.45, 7) is 5.39. The fraction of sp³-hybridized carbons (Fsp3) is 0.250. The SMILES string of the molecule is Cc1cccc(N2CCN(C(=O)c3ccc4[nH]ccc4c3)CC2)c1. The molecule has 2 heterocycles. The average Bonchev–Trinajstić information content (AvgIpc) is 3.09. The van der Waals surface area contributed by atoms with E-state index in [-0.39, 0.29) is 5.91 Å². The Hall–Kier alpha value is -2.75. The van der Waals surface area contributed by atoms with Crippen molar-refractivity contribution in [3.8, 4) is 0 Å². The molecule has 122 valence electrons. The third-order valence-electron chi connectivity index (χ3n) is 4.73. The van der Waals surface area contributed by atoms with Gasteiger partial charge in [0.15, 0.2) is 0 Å². The Morgan fingerprint density at radius 3 is 2.62 bits per heavy atom. The molecule has 1 N–H and O–H groups in total. The molecule has 0 atom stereocenters. The van der Waals surface area contributed by atoms with Crippen LogP contribution >= 0.6 is 0 Å². The van der Waals surface area contributed by atoms with Crippen molar-refractivity contribution in [3.63, 3.8) is 0 Å². The first-order valence-corrected chi connectivity index (χ1v) is 8.39. The number of amides is 1. The molecule has 1 fully saturated rings. The van der Waals surface area contributed by atoms with Gasteiger partial charge < -0.3 is 14.8 Å². The van der Waals surface area contributed by atoms with E-state index in [9.17, 15) is 4.79 Å². The van der Waals surface area contributed by atoms with E-state index in [1.807, 2.05) is 35.4 Å². The normalized spacial score (nSPS) is 15.0. The van der Waals surface area contributed by atoms with Crippen LogP contribution < -0.4 is 4.90 Å². The highest BCUT2D eigenvalue weighted by molar-refractivity contribution is 5.98. The summed E-state index contributed by atoms with van der Waals surface area (Å²) in [6, 6.07) is 16.4. The number of carbonyl (C=O) groups excluding carboxylic acids is 1. The summed E-state index contributed by atoms with van der Waals surface area (Å²) in [6.07, 6.45) is 1.90. The van der Waals surface area contributed by atoms with Crippen molar-refractivity contribution in [2.75, 3.05) is 31.1 Å². The fourth-order valence-electron chi connectivity index (χ4n) is 3.36. The highest BCUT2D eigenvalue weighted by atomic mass is 16.2. The minimum Gasteiger partial charge on any atom is -0.368 e. The summed E-state index contributed by atoms with van der Waals surface area (Å²) in [7, 11) is 0. The van der Waals surface area contributed by atoms with E-state index in [0.29, 0.717) is 0 Å². The second kappa shape index (κ2) is 6.04. The van der Waals surface area contributed by atoms with Crippen LogP contribution in [-0.2, 0) is 0 Å². The number of carbonyl (C=O) groups is 1. The van der Waals surface area contributed by atoms with Crippen LogP contribution in [0.4, 0.5) is 5.69 Å². The molecule has 4 rings (SSSR count). The summed E-state index contributed by atoms with van der Waals surface area (Å²) in [5.41, 5.74) is 4.35. The fourth-order valence-corrected chi connectivity index (χ4v) is 3.36. The van der Waals surface area contributed by atoms with Gasteiger partial charge in [-0.1, -0.05) is 12.1 Å². The van der Waals surface area contributed by atoms with Crippen LogP contribution in [0.15, 0.2) is 54.7 Å². The lowest BCUT2D eigenvalue weighted by Crippen LogP contribution is -2.48. The smallest absolute Gasteiger partial charge is 0.253 e. The Bertz CT molecular complexity index is 875. The van der Waals surface area contributed by atoms with Gasteiger partial charge in [-0.3, -0.25) is 4.79 Å². The number of H-pyrrole nitrogens is 1. The van der Waals surface area contributed by atoms with Gasteiger partial charge in [0, 0.05) is 54.5 Å². The van der Waals surface area contributed by atoms with Crippen molar-refractivity contribution in [3.05, 3.63) is 65.9 Å². The summed E-state index contributed by atoms with van der Waals surface area (Å²) < 4.78 is 0. The van der Waals surface area contributed by atoms with E-state index in [4.69, 9.17) is 0 Å². The van der Waals surface area contributed by atoms with Gasteiger partial charge in [-0.25, -0.2) is 0 Å². The lowest BCUT2D eigenvalue weighted by Gasteiger charge is -2.36. The number of aryl methyl sites for hydroxylation is 1. The van der Waals surface area contributed by atoms with Crippen molar-refractivity contribution in [1.82, 2.24) is 9.88 Å². The van der Waals surface area contributed by atoms with Gasteiger partial charge in [0.1, 0.15) is 0 Å². The van der Waals surface area contributed by atoms with E-state index in [1.54, 1.807) is 0 Å². The zero-order chi connectivity index (χ0) is 16.5. The number of fused-ring (bicyclic) bond motifs is 1. The number of piperazine rings is 1. The molecule has 1 aliphatic heterocycles. The molecule has 0 unspecified atom stereocenters. The predicted molar refractivity (Wildman–Crippen MR) is 97.6 cm³/mol. The molecule has 0 spiro atoms. The topological polar surface area (TPSA) is 39.3 Å². The molecular weight excluding hydrogens is 298 g/mol. The van der Waals surface area contributed by atoms with E-state index in [2.05, 4.69) is 41.1 Å². The molecule has 0 saturated carbocycles. The number of rotatable bonds is 2. The Morgan fingerprint density at radius 1 is 1.00 bits per heavy atom. The van der Waals surface area contributed by atoms with E-state index >= 15 is 0 Å². The van der Waals surface area contributed by atoms with Crippen LogP contribution in [0.25, 0.3) is 10.9 Å². The summed E-state index contributed by atoms with van der Waals surface area (Å²) in [5, 5.41) is 1.08. The molecule has 1 amide bonds. The molecule has 4 nitrogen and oxygen atoms in total. The Morgan fingerprint density at radius 2 is 1.83 bits per heavy atom. The van der Waals surface area contributed by atoms with Gasteiger partial charge >= 0.3 is 0 Å². The van der Waals surface area contributed by atoms with Gasteiger partial charge in [-0.15, -0.1) is 0 Å². The zero-order valence-electron chi connectivity index (χ0n) is 13.8. The number of nitrogens with one attached hydrogen (secondary N) is 1. The second-order valence-corrected chi connectivity index (χ2v) is 6.40. The van der Waals surface area contributed by atoms with Crippen molar-refractivity contribution in [2.45, 2.75) is 6.92 Å². The van der Waals surface area contributed by atoms with Gasteiger partial charge in [-0.2, -0.15) is 0 Å². The highest BCUT2D eigenvalue weighted by Crippen LogP contribution is 2.20. The first kappa shape index (κ1) is 14.8. The third kappa shape index (κ3) is 2.75. The zero-order valence-corrected chi connectivity index (χ0v) is 13.8. The first-order chi connectivity index (χ1) is 11.7. The maximum Gasteiger partial charge on any atom is 0.253 e. The maximum atomic E-state index is 12.8. The van der Waals surface area contributed by atoms with Crippen LogP contribution in [0.3, 0.4) is 0 Å². The Labute approximate surface area is 141 Å². The highest BCUT2D eigenvalue weighted by Gasteiger charge is 2.22. The van der Waals surface area contributed by atoms with Gasteiger partial charge in [0.25, 0.3) is 5.91 Å². The number of benzene rings is 2. The lowest BCUT2D eigenvalue weighted by molar-refractivity contribution is 0.0747. The van der Waals surface area contributed by atoms with Crippen LogP contribution in [-0.4, -0.2) is 42.0 Å². The summed E-state index contributed by atoms with van der Waals surface area (Å²) in [4.78, 5) is 20.2. The van der Waals surface area contributed by atoms with Crippen molar-refractivity contribution in [2.24, 2.45) is 0 Å². The molecule has 24 heavy (non-hydrogen) atoms. The molecule has 1 aliphatic rings. The van der Waals surface area contributed by atoms with Crippen LogP contribution in [0.1, 0.15) is 15.9 Å². The van der Waals surface area contributed by atoms with Crippen molar-refractivity contribution >= 4 is 22.5 Å². The van der Waals surface area contributed by atoms with E-state index < -0.39 is 0 Å². The van der Waals surface area contributed by atoms with Gasteiger partial charge in [0.2, 0.25) is 0 Å². The van der Waals surface area contributed by atoms with Gasteiger partial charge in [-0.05, 0) is 48.9 Å². The average molecular weight is 319 g/mol. The molecular formula is C20H21N3O. The first-order valence-electron chi connectivity index (χ1n) is 8.39. The number of hydrogen-bond donors (Lipinski definition) is 1. The Balaban J connectivity index is 1.46. The standard InChI is InChI=1S/C20H21N3O/c1-15-3-2-4-18(13-15)22-9-11-23(12-10-22)20(24)17-5-6-19-16(14-17)7-8-21-19/h2-8,13-14,21H,9-12H2,1H3. The minimum absolute atomic E-state index is 0.127. The summed E-state index contributed by atoms with van der Waals surface area (Å²) >= 11 is 0. The second-order valence-electron chi connectivity index (χ2n) is 6.40. The largest absolute Gasteiger partial charge is 0.368 e. The van der Waals surface area contributed by atoms with E-state index in [1.165, 1.54) is 11.3 Å². The number of aromatic nitrogens is 1. The maximum absolute atomic E-state index is 12.8. The van der Waals surface area contributed by atoms with Crippen LogP contribution in [0, 0.1) is 6.92 Å². The molecule has 0 aliphatic carbocycles. The van der Waals surface area contributed by atoms with Crippen molar-refractivity contribution < 1.29 is 4.79 Å². The number of hydrogen-bond acceptors (Lipinski definition) is 2. The van der Waals surface area contributed by atoms with Crippen molar-refractivity contribution in [1.29, 1.82) is 0 Å². The molecule has 4 heteroatoms. The number of aromatic amines is 1. The Kier molecular flexibility index (Phi) is 3.73. The lowest BCUT2D eigenvalue weighted by atomic mass is 10.1. The molecule has 1 aromatic heterocycles. The monoisotopic (exact) mass is 319 g/mol. The van der Waals surface area contributed by atoms with Crippen LogP contribution in [0.2, 0.25) is 0 Å². The molecule has 0 bridgehead atoms. The van der Waals surface area contributed by atoms with Crippen LogP contribution in [0.5, 0.6) is 0 Å². The predicted octanol–water partition coefficient (Wildman–Crippen LogP) is 3.44. The minimum atomic E-state index is 0.127. The van der Waals surface area contributed by atoms with Gasteiger partial charge in [0.05, 0.1) is 0 Å². The number of nitrogens with zero attached hydrogens (tertiary/aromatic N) is 2. The molecule has 2 aromatic carbocycles. The molecule has 0 radical (unpaired) electrons. The summed E-state index contributed by atoms with van der Waals surface area (Å²) in [5.74, 6) is 0.127. The third-order valence-corrected chi connectivity index (χ3v) is 4.73. The molecule has 1 saturated heterocycles.